The Kier molecular flexibility index (Phi) is 5.15. The molecule has 0 amide bonds. The van der Waals surface area contributed by atoms with Crippen LogP contribution in [-0.4, -0.2) is 17.7 Å². The molecule has 1 N–H and O–H groups in total. The normalized spacial score (nSPS) is 13.2. The Bertz CT molecular complexity index is 388. The summed E-state index contributed by atoms with van der Waals surface area (Å²) in [5, 5.41) is 9.80. The van der Waals surface area contributed by atoms with Gasteiger partial charge in [0.1, 0.15) is 5.82 Å². The van der Waals surface area contributed by atoms with Crippen LogP contribution in [-0.2, 0) is 0 Å². The first-order valence-electron chi connectivity index (χ1n) is 6.57. The largest absolute Gasteiger partial charge is 0.389 e. The number of anilines is 1. The molecule has 0 spiro atoms. The van der Waals surface area contributed by atoms with Crippen molar-refractivity contribution in [2.75, 3.05) is 11.4 Å². The maximum absolute atomic E-state index is 14.1. The molecular formula is C15H24FNO. The summed E-state index contributed by atoms with van der Waals surface area (Å²) in [5.41, 5.74) is 1.19. The van der Waals surface area contributed by atoms with E-state index in [2.05, 4.69) is 13.8 Å². The van der Waals surface area contributed by atoms with Crippen molar-refractivity contribution < 1.29 is 9.50 Å². The van der Waals surface area contributed by atoms with E-state index in [0.29, 0.717) is 17.2 Å². The third-order valence-electron chi connectivity index (χ3n) is 2.94. The number of hydrogen-bond acceptors (Lipinski definition) is 2. The van der Waals surface area contributed by atoms with Gasteiger partial charge in [-0.2, -0.15) is 0 Å². The fraction of sp³-hybridized carbons (Fsp3) is 0.600. The van der Waals surface area contributed by atoms with E-state index in [4.69, 9.17) is 0 Å². The van der Waals surface area contributed by atoms with Gasteiger partial charge in [-0.25, -0.2) is 4.39 Å². The smallest absolute Gasteiger partial charge is 0.146 e. The predicted molar refractivity (Wildman–Crippen MR) is 74.4 cm³/mol. The summed E-state index contributed by atoms with van der Waals surface area (Å²) in [6.45, 7) is 10.8. The van der Waals surface area contributed by atoms with E-state index in [0.717, 1.165) is 6.54 Å². The van der Waals surface area contributed by atoms with Crippen molar-refractivity contribution >= 4 is 5.69 Å². The summed E-state index contributed by atoms with van der Waals surface area (Å²) in [6, 6.07) is 5.09. The molecule has 0 heterocycles. The van der Waals surface area contributed by atoms with E-state index in [1.165, 1.54) is 6.07 Å². The van der Waals surface area contributed by atoms with Gasteiger partial charge in [0.2, 0.25) is 0 Å². The van der Waals surface area contributed by atoms with Crippen molar-refractivity contribution in [2.45, 2.75) is 46.8 Å². The Morgan fingerprint density at radius 1 is 1.17 bits per heavy atom. The van der Waals surface area contributed by atoms with Gasteiger partial charge in [-0.05, 0) is 32.8 Å². The molecule has 1 atom stereocenters. The molecule has 1 rings (SSSR count). The number of benzene rings is 1. The number of halogens is 1. The minimum absolute atomic E-state index is 0.196. The van der Waals surface area contributed by atoms with E-state index in [1.54, 1.807) is 19.1 Å². The molecule has 0 aliphatic heterocycles. The third-order valence-corrected chi connectivity index (χ3v) is 2.94. The Morgan fingerprint density at radius 3 is 2.22 bits per heavy atom. The van der Waals surface area contributed by atoms with Crippen LogP contribution in [0.2, 0.25) is 0 Å². The van der Waals surface area contributed by atoms with Gasteiger partial charge >= 0.3 is 0 Å². The second kappa shape index (κ2) is 6.19. The molecule has 18 heavy (non-hydrogen) atoms. The zero-order valence-electron chi connectivity index (χ0n) is 11.9. The van der Waals surface area contributed by atoms with Crippen LogP contribution >= 0.6 is 0 Å². The SMILES string of the molecule is CC(C)CN(c1c(F)cccc1[C@H](C)O)C(C)C. The van der Waals surface area contributed by atoms with Gasteiger partial charge in [0, 0.05) is 18.2 Å². The molecule has 1 aromatic rings. The molecule has 0 fully saturated rings. The maximum Gasteiger partial charge on any atom is 0.146 e. The van der Waals surface area contributed by atoms with Crippen LogP contribution in [0.1, 0.15) is 46.3 Å². The van der Waals surface area contributed by atoms with E-state index in [-0.39, 0.29) is 11.9 Å². The van der Waals surface area contributed by atoms with E-state index in [1.807, 2.05) is 18.7 Å². The lowest BCUT2D eigenvalue weighted by molar-refractivity contribution is 0.199. The number of aliphatic hydroxyl groups excluding tert-OH is 1. The second-order valence-electron chi connectivity index (χ2n) is 5.49. The maximum atomic E-state index is 14.1. The Hall–Kier alpha value is -1.09. The molecule has 1 aromatic carbocycles. The highest BCUT2D eigenvalue weighted by Gasteiger charge is 2.21. The molecule has 0 saturated heterocycles. The first-order valence-corrected chi connectivity index (χ1v) is 6.57. The van der Waals surface area contributed by atoms with Crippen molar-refractivity contribution in [3.05, 3.63) is 29.6 Å². The monoisotopic (exact) mass is 253 g/mol. The van der Waals surface area contributed by atoms with Gasteiger partial charge in [0.25, 0.3) is 0 Å². The average Bonchev–Trinajstić information content (AvgIpc) is 2.25. The first kappa shape index (κ1) is 15.0. The van der Waals surface area contributed by atoms with Crippen LogP contribution in [0.4, 0.5) is 10.1 Å². The lowest BCUT2D eigenvalue weighted by Crippen LogP contribution is -2.35. The zero-order valence-corrected chi connectivity index (χ0v) is 11.9. The van der Waals surface area contributed by atoms with Gasteiger partial charge in [-0.1, -0.05) is 26.0 Å². The Labute approximate surface area is 109 Å². The number of aliphatic hydroxyl groups is 1. The second-order valence-corrected chi connectivity index (χ2v) is 5.49. The summed E-state index contributed by atoms with van der Waals surface area (Å²) in [5.74, 6) is 0.177. The van der Waals surface area contributed by atoms with E-state index < -0.39 is 6.10 Å². The Balaban J connectivity index is 3.25. The van der Waals surface area contributed by atoms with Crippen molar-refractivity contribution in [2.24, 2.45) is 5.92 Å². The molecule has 102 valence electrons. The molecule has 2 nitrogen and oxygen atoms in total. The van der Waals surface area contributed by atoms with Crippen molar-refractivity contribution in [3.8, 4) is 0 Å². The van der Waals surface area contributed by atoms with Crippen LogP contribution < -0.4 is 4.90 Å². The third kappa shape index (κ3) is 3.45. The average molecular weight is 253 g/mol. The van der Waals surface area contributed by atoms with Gasteiger partial charge in [-0.15, -0.1) is 0 Å². The zero-order chi connectivity index (χ0) is 13.9. The van der Waals surface area contributed by atoms with E-state index in [9.17, 15) is 9.50 Å². The standard InChI is InChI=1S/C15H24FNO/c1-10(2)9-17(11(3)4)15-13(12(5)18)7-6-8-14(15)16/h6-8,10-12,18H,9H2,1-5H3/t12-/m0/s1. The number of rotatable bonds is 5. The van der Waals surface area contributed by atoms with Gasteiger partial charge in [0.05, 0.1) is 11.8 Å². The highest BCUT2D eigenvalue weighted by atomic mass is 19.1. The molecule has 0 bridgehead atoms. The topological polar surface area (TPSA) is 23.5 Å². The number of para-hydroxylation sites is 1. The minimum Gasteiger partial charge on any atom is -0.389 e. The minimum atomic E-state index is -0.663. The summed E-state index contributed by atoms with van der Waals surface area (Å²) in [7, 11) is 0. The summed E-state index contributed by atoms with van der Waals surface area (Å²) < 4.78 is 14.1. The summed E-state index contributed by atoms with van der Waals surface area (Å²) in [6.07, 6.45) is -0.663. The first-order chi connectivity index (χ1) is 8.34. The lowest BCUT2D eigenvalue weighted by Gasteiger charge is -2.33. The van der Waals surface area contributed by atoms with Crippen LogP contribution in [0.5, 0.6) is 0 Å². The summed E-state index contributed by atoms with van der Waals surface area (Å²) >= 11 is 0. The quantitative estimate of drug-likeness (QED) is 0.864. The molecule has 0 aromatic heterocycles. The van der Waals surface area contributed by atoms with Crippen LogP contribution in [0, 0.1) is 11.7 Å². The van der Waals surface area contributed by atoms with E-state index >= 15 is 0 Å². The fourth-order valence-electron chi connectivity index (χ4n) is 2.13. The molecule has 0 unspecified atom stereocenters. The number of nitrogens with zero attached hydrogens (tertiary/aromatic N) is 1. The molecule has 0 aliphatic carbocycles. The van der Waals surface area contributed by atoms with Gasteiger partial charge in [-0.3, -0.25) is 0 Å². The predicted octanol–water partition coefficient (Wildman–Crippen LogP) is 3.75. The molecule has 0 saturated carbocycles. The van der Waals surface area contributed by atoms with Crippen LogP contribution in [0.25, 0.3) is 0 Å². The van der Waals surface area contributed by atoms with Crippen LogP contribution in [0.3, 0.4) is 0 Å². The number of hydrogen-bond donors (Lipinski definition) is 1. The lowest BCUT2D eigenvalue weighted by atomic mass is 10.0. The molecule has 0 aliphatic rings. The summed E-state index contributed by atoms with van der Waals surface area (Å²) in [4.78, 5) is 2.03. The molecule has 3 heteroatoms. The highest BCUT2D eigenvalue weighted by molar-refractivity contribution is 5.56. The molecule has 0 radical (unpaired) electrons. The fourth-order valence-corrected chi connectivity index (χ4v) is 2.13. The Morgan fingerprint density at radius 2 is 1.78 bits per heavy atom. The molecular weight excluding hydrogens is 229 g/mol. The van der Waals surface area contributed by atoms with Crippen molar-refractivity contribution in [3.63, 3.8) is 0 Å². The highest BCUT2D eigenvalue weighted by Crippen LogP contribution is 2.31. The van der Waals surface area contributed by atoms with Gasteiger partial charge < -0.3 is 10.0 Å². The van der Waals surface area contributed by atoms with Crippen molar-refractivity contribution in [1.82, 2.24) is 0 Å². The van der Waals surface area contributed by atoms with Gasteiger partial charge in [0.15, 0.2) is 0 Å². The van der Waals surface area contributed by atoms with Crippen molar-refractivity contribution in [1.29, 1.82) is 0 Å². The van der Waals surface area contributed by atoms with Crippen LogP contribution in [0.15, 0.2) is 18.2 Å².